The lowest BCUT2D eigenvalue weighted by atomic mass is 10.1. The molecule has 0 aliphatic rings. The lowest BCUT2D eigenvalue weighted by Crippen LogP contribution is -1.80. The number of azo groups is 3. The minimum absolute atomic E-state index is 0.204. The highest BCUT2D eigenvalue weighted by molar-refractivity contribution is 5.59. The van der Waals surface area contributed by atoms with Crippen molar-refractivity contribution in [2.24, 2.45) is 30.7 Å². The number of rotatable bonds is 6. The molecule has 0 saturated heterocycles. The van der Waals surface area contributed by atoms with E-state index in [1.54, 1.807) is 36.4 Å². The van der Waals surface area contributed by atoms with Gasteiger partial charge in [-0.1, -0.05) is 0 Å². The van der Waals surface area contributed by atoms with Crippen molar-refractivity contribution in [1.29, 1.82) is 0 Å². The van der Waals surface area contributed by atoms with Crippen molar-refractivity contribution in [3.8, 4) is 11.5 Å². The van der Waals surface area contributed by atoms with Gasteiger partial charge in [-0.15, -0.1) is 0 Å². The van der Waals surface area contributed by atoms with Gasteiger partial charge in [-0.05, 0) is 123 Å². The van der Waals surface area contributed by atoms with Crippen molar-refractivity contribution >= 4 is 34.1 Å². The number of aryl methyl sites for hydroxylation is 4. The van der Waals surface area contributed by atoms with Crippen LogP contribution in [0.3, 0.4) is 0 Å². The van der Waals surface area contributed by atoms with Crippen LogP contribution in [0.1, 0.15) is 22.3 Å². The molecule has 8 nitrogen and oxygen atoms in total. The Balaban J connectivity index is 1.46. The summed E-state index contributed by atoms with van der Waals surface area (Å²) in [5.74, 6) is 0.409. The molecule has 0 unspecified atom stereocenters. The molecular formula is C28H26N6O2. The number of phenolic OH excluding ortho intramolecular Hbond substituents is 2. The summed E-state index contributed by atoms with van der Waals surface area (Å²) >= 11 is 0. The van der Waals surface area contributed by atoms with E-state index in [4.69, 9.17) is 0 Å². The third kappa shape index (κ3) is 6.04. The van der Waals surface area contributed by atoms with Crippen LogP contribution >= 0.6 is 0 Å². The van der Waals surface area contributed by atoms with E-state index in [0.717, 1.165) is 33.6 Å². The second kappa shape index (κ2) is 10.7. The molecule has 0 spiro atoms. The van der Waals surface area contributed by atoms with Gasteiger partial charge in [-0.2, -0.15) is 30.7 Å². The molecule has 2 N–H and O–H groups in total. The molecule has 4 aromatic rings. The van der Waals surface area contributed by atoms with Crippen molar-refractivity contribution in [3.63, 3.8) is 0 Å². The minimum Gasteiger partial charge on any atom is -0.508 e. The quantitative estimate of drug-likeness (QED) is 0.269. The molecule has 0 aromatic heterocycles. The third-order valence-corrected chi connectivity index (χ3v) is 5.54. The summed E-state index contributed by atoms with van der Waals surface area (Å²) in [6, 6.07) is 21.1. The van der Waals surface area contributed by atoms with Crippen LogP contribution in [0.2, 0.25) is 0 Å². The van der Waals surface area contributed by atoms with Crippen LogP contribution in [0.15, 0.2) is 103 Å². The first-order valence-corrected chi connectivity index (χ1v) is 11.3. The topological polar surface area (TPSA) is 115 Å². The van der Waals surface area contributed by atoms with E-state index in [0.29, 0.717) is 22.7 Å². The zero-order valence-corrected chi connectivity index (χ0v) is 20.5. The van der Waals surface area contributed by atoms with Gasteiger partial charge in [0.05, 0.1) is 34.1 Å². The maximum Gasteiger partial charge on any atom is 0.115 e. The van der Waals surface area contributed by atoms with Crippen LogP contribution in [0.4, 0.5) is 34.1 Å². The summed E-state index contributed by atoms with van der Waals surface area (Å²) in [6.07, 6.45) is 0. The molecule has 0 bridgehead atoms. The van der Waals surface area contributed by atoms with E-state index in [-0.39, 0.29) is 11.5 Å². The highest BCUT2D eigenvalue weighted by Crippen LogP contribution is 2.32. The summed E-state index contributed by atoms with van der Waals surface area (Å²) in [5, 5.41) is 45.0. The van der Waals surface area contributed by atoms with Crippen molar-refractivity contribution in [2.75, 3.05) is 0 Å². The second-order valence-electron chi connectivity index (χ2n) is 8.48. The third-order valence-electron chi connectivity index (χ3n) is 5.54. The van der Waals surface area contributed by atoms with Crippen LogP contribution in [0, 0.1) is 27.7 Å². The van der Waals surface area contributed by atoms with E-state index in [9.17, 15) is 10.2 Å². The first kappa shape index (κ1) is 24.4. The van der Waals surface area contributed by atoms with Gasteiger partial charge >= 0.3 is 0 Å². The Morgan fingerprint density at radius 2 is 0.722 bits per heavy atom. The molecule has 0 heterocycles. The van der Waals surface area contributed by atoms with Crippen molar-refractivity contribution in [3.05, 3.63) is 95.1 Å². The Hall–Kier alpha value is -4.72. The van der Waals surface area contributed by atoms with Gasteiger partial charge in [-0.25, -0.2) is 0 Å². The highest BCUT2D eigenvalue weighted by Gasteiger charge is 2.05. The monoisotopic (exact) mass is 478 g/mol. The smallest absolute Gasteiger partial charge is 0.115 e. The van der Waals surface area contributed by atoms with E-state index < -0.39 is 0 Å². The van der Waals surface area contributed by atoms with E-state index in [1.807, 2.05) is 64.1 Å². The molecule has 0 aliphatic heterocycles. The van der Waals surface area contributed by atoms with Gasteiger partial charge in [0.2, 0.25) is 0 Å². The van der Waals surface area contributed by atoms with Gasteiger partial charge in [-0.3, -0.25) is 0 Å². The predicted molar refractivity (Wildman–Crippen MR) is 141 cm³/mol. The number of hydrogen-bond acceptors (Lipinski definition) is 8. The molecule has 4 rings (SSSR count). The number of phenols is 2. The number of aromatic hydroxyl groups is 2. The van der Waals surface area contributed by atoms with Crippen LogP contribution in [0.5, 0.6) is 11.5 Å². The Kier molecular flexibility index (Phi) is 7.25. The van der Waals surface area contributed by atoms with E-state index >= 15 is 0 Å². The summed E-state index contributed by atoms with van der Waals surface area (Å²) in [4.78, 5) is 0. The van der Waals surface area contributed by atoms with Crippen molar-refractivity contribution < 1.29 is 10.2 Å². The maximum absolute atomic E-state index is 9.56. The highest BCUT2D eigenvalue weighted by atomic mass is 16.3. The molecule has 0 radical (unpaired) electrons. The fourth-order valence-corrected chi connectivity index (χ4v) is 3.42. The number of benzene rings is 4. The molecule has 4 aromatic carbocycles. The largest absolute Gasteiger partial charge is 0.508 e. The minimum atomic E-state index is 0.204. The zero-order valence-electron chi connectivity index (χ0n) is 20.5. The van der Waals surface area contributed by atoms with Gasteiger partial charge in [0.15, 0.2) is 0 Å². The summed E-state index contributed by atoms with van der Waals surface area (Å²) in [5.41, 5.74) is 7.82. The van der Waals surface area contributed by atoms with Crippen LogP contribution in [-0.2, 0) is 0 Å². The fourth-order valence-electron chi connectivity index (χ4n) is 3.42. The Labute approximate surface area is 209 Å². The maximum atomic E-state index is 9.56. The molecule has 0 amide bonds. The van der Waals surface area contributed by atoms with Gasteiger partial charge in [0.1, 0.15) is 11.5 Å². The fraction of sp³-hybridized carbons (Fsp3) is 0.143. The molecular weight excluding hydrogens is 452 g/mol. The molecule has 0 aliphatic carbocycles. The number of hydrogen-bond donors (Lipinski definition) is 2. The Morgan fingerprint density at radius 3 is 1.14 bits per heavy atom. The van der Waals surface area contributed by atoms with Gasteiger partial charge in [0, 0.05) is 0 Å². The molecule has 0 atom stereocenters. The number of nitrogens with zero attached hydrogens (tertiary/aromatic N) is 6. The Morgan fingerprint density at radius 1 is 0.389 bits per heavy atom. The van der Waals surface area contributed by atoms with E-state index in [2.05, 4.69) is 30.7 Å². The van der Waals surface area contributed by atoms with Crippen molar-refractivity contribution in [1.82, 2.24) is 0 Å². The molecule has 8 heteroatoms. The van der Waals surface area contributed by atoms with Gasteiger partial charge in [0.25, 0.3) is 0 Å². The molecule has 0 saturated carbocycles. The SMILES string of the molecule is Cc1cc(O)ccc1/N=N/c1ccc(/N=N/c2cc(C)c(/N=N/c3ccc(O)cc3C)cc2C)cc1. The molecule has 180 valence electrons. The Bertz CT molecular complexity index is 1490. The van der Waals surface area contributed by atoms with Crippen LogP contribution < -0.4 is 0 Å². The zero-order chi connectivity index (χ0) is 25.7. The second-order valence-corrected chi connectivity index (χ2v) is 8.48. The molecule has 0 fully saturated rings. The van der Waals surface area contributed by atoms with Crippen LogP contribution in [0.25, 0.3) is 0 Å². The lowest BCUT2D eigenvalue weighted by Gasteiger charge is -2.05. The standard InChI is InChI=1S/C28H26N6O2/c1-17-13-23(35)9-11-25(17)31-29-21-5-7-22(8-6-21)30-33-27-15-20(4)28(16-19(27)3)34-32-26-12-10-24(36)14-18(26)2/h5-16,35-36H,1-4H3/b31-29+,33-30+,34-32+. The lowest BCUT2D eigenvalue weighted by molar-refractivity contribution is 0.474. The summed E-state index contributed by atoms with van der Waals surface area (Å²) in [7, 11) is 0. The van der Waals surface area contributed by atoms with Crippen molar-refractivity contribution in [2.45, 2.75) is 27.7 Å². The summed E-state index contributed by atoms with van der Waals surface area (Å²) < 4.78 is 0. The normalized spacial score (nSPS) is 11.8. The molecule has 36 heavy (non-hydrogen) atoms. The van der Waals surface area contributed by atoms with Gasteiger partial charge < -0.3 is 10.2 Å². The predicted octanol–water partition coefficient (Wildman–Crippen LogP) is 9.58. The summed E-state index contributed by atoms with van der Waals surface area (Å²) in [6.45, 7) is 7.65. The van der Waals surface area contributed by atoms with E-state index in [1.165, 1.54) is 0 Å². The van der Waals surface area contributed by atoms with Crippen LogP contribution in [-0.4, -0.2) is 10.2 Å². The average Bonchev–Trinajstić information content (AvgIpc) is 2.84. The first-order valence-electron chi connectivity index (χ1n) is 11.3. The average molecular weight is 479 g/mol. The first-order chi connectivity index (χ1) is 17.3.